The van der Waals surface area contributed by atoms with Crippen molar-refractivity contribution in [2.24, 2.45) is 5.92 Å². The maximum Gasteiger partial charge on any atom is 0.243 e. The van der Waals surface area contributed by atoms with Crippen LogP contribution in [-0.4, -0.2) is 35.5 Å². The van der Waals surface area contributed by atoms with E-state index in [0.717, 1.165) is 44.7 Å². The Hall–Kier alpha value is -0.570. The standard InChI is InChI=1S/C18H32N2O/c1-2-11-18(12-6-13-19-18)17(21)20(16-9-10-16)14-15-7-4-3-5-8-15/h15-16,19H,2-14H2,1H3. The van der Waals surface area contributed by atoms with Gasteiger partial charge in [0.15, 0.2) is 0 Å². The second-order valence-electron chi connectivity index (χ2n) is 7.56. The quantitative estimate of drug-likeness (QED) is 0.813. The Morgan fingerprint density at radius 3 is 2.48 bits per heavy atom. The van der Waals surface area contributed by atoms with Gasteiger partial charge < -0.3 is 10.2 Å². The molecule has 1 atom stereocenters. The summed E-state index contributed by atoms with van der Waals surface area (Å²) < 4.78 is 0. The molecule has 21 heavy (non-hydrogen) atoms. The van der Waals surface area contributed by atoms with Crippen LogP contribution in [0.2, 0.25) is 0 Å². The van der Waals surface area contributed by atoms with E-state index >= 15 is 0 Å². The van der Waals surface area contributed by atoms with Crippen molar-refractivity contribution in [3.05, 3.63) is 0 Å². The van der Waals surface area contributed by atoms with Crippen molar-refractivity contribution in [2.75, 3.05) is 13.1 Å². The zero-order valence-corrected chi connectivity index (χ0v) is 13.7. The lowest BCUT2D eigenvalue weighted by atomic mass is 9.86. The molecule has 2 aliphatic carbocycles. The molecule has 1 N–H and O–H groups in total. The maximum atomic E-state index is 13.3. The third-order valence-electron chi connectivity index (χ3n) is 5.76. The molecule has 1 unspecified atom stereocenters. The second-order valence-corrected chi connectivity index (χ2v) is 7.56. The molecular formula is C18H32N2O. The second kappa shape index (κ2) is 6.68. The Morgan fingerprint density at radius 2 is 1.90 bits per heavy atom. The van der Waals surface area contributed by atoms with Crippen LogP contribution in [0.25, 0.3) is 0 Å². The minimum atomic E-state index is -0.216. The van der Waals surface area contributed by atoms with Gasteiger partial charge in [-0.15, -0.1) is 0 Å². The van der Waals surface area contributed by atoms with Gasteiger partial charge in [-0.05, 0) is 57.4 Å². The van der Waals surface area contributed by atoms with Crippen LogP contribution in [-0.2, 0) is 4.79 Å². The lowest BCUT2D eigenvalue weighted by Crippen LogP contribution is -2.56. The van der Waals surface area contributed by atoms with Gasteiger partial charge in [0, 0.05) is 12.6 Å². The summed E-state index contributed by atoms with van der Waals surface area (Å²) in [5.74, 6) is 1.21. The monoisotopic (exact) mass is 292 g/mol. The van der Waals surface area contributed by atoms with Crippen LogP contribution in [0, 0.1) is 5.92 Å². The van der Waals surface area contributed by atoms with Crippen molar-refractivity contribution in [1.82, 2.24) is 10.2 Å². The average molecular weight is 292 g/mol. The van der Waals surface area contributed by atoms with Crippen molar-refractivity contribution in [2.45, 2.75) is 89.1 Å². The number of carbonyl (C=O) groups is 1. The molecule has 0 radical (unpaired) electrons. The van der Waals surface area contributed by atoms with Gasteiger partial charge in [0.1, 0.15) is 0 Å². The fourth-order valence-corrected chi connectivity index (χ4v) is 4.44. The molecule has 0 aromatic carbocycles. The molecule has 2 saturated carbocycles. The van der Waals surface area contributed by atoms with Gasteiger partial charge in [-0.2, -0.15) is 0 Å². The summed E-state index contributed by atoms with van der Waals surface area (Å²) in [5, 5.41) is 3.58. The Labute approximate surface area is 129 Å². The van der Waals surface area contributed by atoms with E-state index in [-0.39, 0.29) is 5.54 Å². The predicted molar refractivity (Wildman–Crippen MR) is 86.2 cm³/mol. The molecule has 3 nitrogen and oxygen atoms in total. The van der Waals surface area contributed by atoms with Crippen LogP contribution in [0.15, 0.2) is 0 Å². The highest BCUT2D eigenvalue weighted by atomic mass is 16.2. The molecule has 0 bridgehead atoms. The molecule has 0 spiro atoms. The van der Waals surface area contributed by atoms with E-state index in [0.29, 0.717) is 11.9 Å². The fourth-order valence-electron chi connectivity index (χ4n) is 4.44. The van der Waals surface area contributed by atoms with Crippen LogP contribution in [0.1, 0.15) is 77.6 Å². The van der Waals surface area contributed by atoms with Crippen LogP contribution >= 0.6 is 0 Å². The van der Waals surface area contributed by atoms with E-state index in [1.54, 1.807) is 0 Å². The third kappa shape index (κ3) is 3.44. The van der Waals surface area contributed by atoms with E-state index in [1.807, 2.05) is 0 Å². The maximum absolute atomic E-state index is 13.3. The minimum absolute atomic E-state index is 0.216. The number of carbonyl (C=O) groups excluding carboxylic acids is 1. The lowest BCUT2D eigenvalue weighted by molar-refractivity contribution is -0.139. The molecule has 0 aromatic heterocycles. The van der Waals surface area contributed by atoms with Gasteiger partial charge >= 0.3 is 0 Å². The van der Waals surface area contributed by atoms with Crippen LogP contribution in [0.3, 0.4) is 0 Å². The first-order chi connectivity index (χ1) is 10.2. The van der Waals surface area contributed by atoms with E-state index < -0.39 is 0 Å². The molecule has 1 heterocycles. The van der Waals surface area contributed by atoms with Gasteiger partial charge in [0.25, 0.3) is 0 Å². The summed E-state index contributed by atoms with van der Waals surface area (Å²) in [5.41, 5.74) is -0.216. The van der Waals surface area contributed by atoms with Crippen molar-refractivity contribution < 1.29 is 4.79 Å². The largest absolute Gasteiger partial charge is 0.338 e. The number of hydrogen-bond acceptors (Lipinski definition) is 2. The van der Waals surface area contributed by atoms with Crippen LogP contribution in [0.4, 0.5) is 0 Å². The SMILES string of the molecule is CCCC1(C(=O)N(CC2CCCCC2)C2CC2)CCCN1. The summed E-state index contributed by atoms with van der Waals surface area (Å²) in [7, 11) is 0. The Morgan fingerprint density at radius 1 is 1.14 bits per heavy atom. The predicted octanol–water partition coefficient (Wildman–Crippen LogP) is 3.48. The van der Waals surface area contributed by atoms with Gasteiger partial charge in [-0.3, -0.25) is 4.79 Å². The van der Waals surface area contributed by atoms with Gasteiger partial charge in [0.2, 0.25) is 5.91 Å². The van der Waals surface area contributed by atoms with Crippen molar-refractivity contribution in [3.63, 3.8) is 0 Å². The third-order valence-corrected chi connectivity index (χ3v) is 5.76. The number of rotatable bonds is 6. The molecule has 3 fully saturated rings. The fraction of sp³-hybridized carbons (Fsp3) is 0.944. The first kappa shape index (κ1) is 15.3. The summed E-state index contributed by atoms with van der Waals surface area (Å²) in [6.07, 6.45) is 13.6. The highest BCUT2D eigenvalue weighted by Gasteiger charge is 2.46. The van der Waals surface area contributed by atoms with Gasteiger partial charge in [-0.25, -0.2) is 0 Å². The van der Waals surface area contributed by atoms with E-state index in [4.69, 9.17) is 0 Å². The highest BCUT2D eigenvalue weighted by molar-refractivity contribution is 5.87. The molecule has 0 aromatic rings. The zero-order chi connectivity index (χ0) is 14.7. The van der Waals surface area contributed by atoms with Crippen molar-refractivity contribution in [3.8, 4) is 0 Å². The van der Waals surface area contributed by atoms with E-state index in [9.17, 15) is 4.79 Å². The Bertz CT molecular complexity index is 352. The van der Waals surface area contributed by atoms with Crippen molar-refractivity contribution >= 4 is 5.91 Å². The first-order valence-electron chi connectivity index (χ1n) is 9.31. The Balaban J connectivity index is 1.68. The van der Waals surface area contributed by atoms with Crippen LogP contribution in [0.5, 0.6) is 0 Å². The molecule has 120 valence electrons. The topological polar surface area (TPSA) is 32.3 Å². The van der Waals surface area contributed by atoms with Gasteiger partial charge in [-0.1, -0.05) is 32.6 Å². The molecular weight excluding hydrogens is 260 g/mol. The average Bonchev–Trinajstić information content (AvgIpc) is 3.24. The smallest absolute Gasteiger partial charge is 0.243 e. The molecule has 3 heteroatoms. The molecule has 1 aliphatic heterocycles. The minimum Gasteiger partial charge on any atom is -0.338 e. The van der Waals surface area contributed by atoms with E-state index in [1.165, 1.54) is 44.9 Å². The molecule has 3 aliphatic rings. The van der Waals surface area contributed by atoms with Crippen molar-refractivity contribution in [1.29, 1.82) is 0 Å². The lowest BCUT2D eigenvalue weighted by Gasteiger charge is -2.37. The summed E-state index contributed by atoms with van der Waals surface area (Å²) in [6.45, 7) is 4.27. The Kier molecular flexibility index (Phi) is 4.88. The van der Waals surface area contributed by atoms with Gasteiger partial charge in [0.05, 0.1) is 5.54 Å². The molecule has 1 saturated heterocycles. The highest BCUT2D eigenvalue weighted by Crippen LogP contribution is 2.36. The zero-order valence-electron chi connectivity index (χ0n) is 13.7. The molecule has 1 amide bonds. The number of amides is 1. The first-order valence-corrected chi connectivity index (χ1v) is 9.31. The number of hydrogen-bond donors (Lipinski definition) is 1. The summed E-state index contributed by atoms with van der Waals surface area (Å²) in [6, 6.07) is 0.565. The normalized spacial score (nSPS) is 30.5. The summed E-state index contributed by atoms with van der Waals surface area (Å²) >= 11 is 0. The number of nitrogens with one attached hydrogen (secondary N) is 1. The number of nitrogens with zero attached hydrogens (tertiary/aromatic N) is 1. The summed E-state index contributed by atoms with van der Waals surface area (Å²) in [4.78, 5) is 15.6. The van der Waals surface area contributed by atoms with Crippen LogP contribution < -0.4 is 5.32 Å². The molecule has 3 rings (SSSR count). The van der Waals surface area contributed by atoms with E-state index in [2.05, 4.69) is 17.1 Å².